The number of hydrogen-bond donors (Lipinski definition) is 1. The zero-order chi connectivity index (χ0) is 21.1. The third-order valence-electron chi connectivity index (χ3n) is 4.85. The van der Waals surface area contributed by atoms with E-state index in [1.54, 1.807) is 41.5 Å². The molecule has 0 unspecified atom stereocenters. The molecule has 7 nitrogen and oxygen atoms in total. The number of amides is 1. The molecule has 0 saturated heterocycles. The van der Waals surface area contributed by atoms with Crippen LogP contribution >= 0.6 is 0 Å². The average Bonchev–Trinajstić information content (AvgIpc) is 2.72. The molecule has 2 aromatic rings. The van der Waals surface area contributed by atoms with E-state index in [2.05, 4.69) is 9.71 Å². The number of hydrogen-bond acceptors (Lipinski definition) is 5. The number of nitrogens with zero attached hydrogens (tertiary/aromatic N) is 2. The minimum Gasteiger partial charge on any atom is -0.489 e. The summed E-state index contributed by atoms with van der Waals surface area (Å²) in [5.41, 5.74) is 2.98. The van der Waals surface area contributed by atoms with Crippen molar-refractivity contribution >= 4 is 27.5 Å². The molecule has 8 heteroatoms. The van der Waals surface area contributed by atoms with Crippen LogP contribution in [0.5, 0.6) is 5.75 Å². The highest BCUT2D eigenvalue weighted by molar-refractivity contribution is 7.90. The van der Waals surface area contributed by atoms with Crippen LogP contribution in [0.4, 0.5) is 5.69 Å². The Morgan fingerprint density at radius 1 is 1.20 bits per heavy atom. The van der Waals surface area contributed by atoms with Gasteiger partial charge >= 0.3 is 0 Å². The Kier molecular flexibility index (Phi) is 5.41. The van der Waals surface area contributed by atoms with Crippen LogP contribution in [-0.2, 0) is 21.4 Å². The summed E-state index contributed by atoms with van der Waals surface area (Å²) in [7, 11) is -3.56. The fourth-order valence-corrected chi connectivity index (χ4v) is 4.17. The summed E-state index contributed by atoms with van der Waals surface area (Å²) in [4.78, 5) is 14.5. The SMILES string of the molecule is Cc1ccccc1COc1cccc(NC(=O)C2=CC=CN3CCS(=O)(=O)N=C23)c1. The molecule has 0 aromatic heterocycles. The molecule has 0 atom stereocenters. The number of benzene rings is 2. The second kappa shape index (κ2) is 8.16. The highest BCUT2D eigenvalue weighted by atomic mass is 32.2. The average molecular weight is 423 g/mol. The van der Waals surface area contributed by atoms with Gasteiger partial charge in [-0.25, -0.2) is 8.42 Å². The molecule has 30 heavy (non-hydrogen) atoms. The lowest BCUT2D eigenvalue weighted by Crippen LogP contribution is -2.40. The van der Waals surface area contributed by atoms with Gasteiger partial charge in [0.1, 0.15) is 12.4 Å². The maximum atomic E-state index is 12.8. The summed E-state index contributed by atoms with van der Waals surface area (Å²) >= 11 is 0. The van der Waals surface area contributed by atoms with Gasteiger partial charge in [0.25, 0.3) is 15.9 Å². The van der Waals surface area contributed by atoms with E-state index in [1.165, 1.54) is 0 Å². The zero-order valence-corrected chi connectivity index (χ0v) is 17.2. The number of allylic oxidation sites excluding steroid dienone is 2. The standard InChI is InChI=1S/C22H21N3O4S/c1-16-6-2-3-7-17(16)15-29-19-9-4-8-18(14-19)23-22(26)20-10-5-11-25-12-13-30(27,28)24-21(20)25/h2-11,14H,12-13,15H2,1H3,(H,23,26). The van der Waals surface area contributed by atoms with Crippen molar-refractivity contribution in [2.24, 2.45) is 4.40 Å². The van der Waals surface area contributed by atoms with Crippen molar-refractivity contribution in [1.29, 1.82) is 0 Å². The molecule has 1 amide bonds. The number of anilines is 1. The van der Waals surface area contributed by atoms with Crippen LogP contribution in [0.2, 0.25) is 0 Å². The third kappa shape index (κ3) is 4.44. The van der Waals surface area contributed by atoms with Gasteiger partial charge in [-0.3, -0.25) is 4.79 Å². The fraction of sp³-hybridized carbons (Fsp3) is 0.182. The van der Waals surface area contributed by atoms with E-state index in [9.17, 15) is 13.2 Å². The van der Waals surface area contributed by atoms with E-state index in [1.807, 2.05) is 37.3 Å². The van der Waals surface area contributed by atoms with Gasteiger partial charge in [0.15, 0.2) is 5.84 Å². The number of fused-ring (bicyclic) bond motifs is 1. The Hall–Kier alpha value is -3.39. The molecule has 2 aromatic carbocycles. The van der Waals surface area contributed by atoms with E-state index in [0.717, 1.165) is 11.1 Å². The third-order valence-corrected chi connectivity index (χ3v) is 6.00. The fourth-order valence-electron chi connectivity index (χ4n) is 3.19. The number of carbonyl (C=O) groups excluding carboxylic acids is 1. The topological polar surface area (TPSA) is 88.1 Å². The lowest BCUT2D eigenvalue weighted by Gasteiger charge is -2.28. The van der Waals surface area contributed by atoms with Gasteiger partial charge in [-0.2, -0.15) is 0 Å². The Morgan fingerprint density at radius 2 is 2.03 bits per heavy atom. The summed E-state index contributed by atoms with van der Waals surface area (Å²) in [6.07, 6.45) is 4.97. The second-order valence-corrected chi connectivity index (χ2v) is 8.77. The number of rotatable bonds is 5. The number of ether oxygens (including phenoxy) is 1. The van der Waals surface area contributed by atoms with E-state index in [4.69, 9.17) is 4.74 Å². The first-order chi connectivity index (χ1) is 14.4. The van der Waals surface area contributed by atoms with E-state index in [0.29, 0.717) is 18.0 Å². The summed E-state index contributed by atoms with van der Waals surface area (Å²) in [5.74, 6) is 0.257. The van der Waals surface area contributed by atoms with Gasteiger partial charge in [-0.15, -0.1) is 4.40 Å². The molecule has 2 heterocycles. The molecule has 0 spiro atoms. The van der Waals surface area contributed by atoms with Crippen molar-refractivity contribution in [2.45, 2.75) is 13.5 Å². The van der Waals surface area contributed by atoms with Crippen molar-refractivity contribution in [1.82, 2.24) is 4.90 Å². The van der Waals surface area contributed by atoms with E-state index < -0.39 is 15.9 Å². The lowest BCUT2D eigenvalue weighted by molar-refractivity contribution is -0.112. The lowest BCUT2D eigenvalue weighted by atomic mass is 10.1. The van der Waals surface area contributed by atoms with Gasteiger partial charge in [0.2, 0.25) is 0 Å². The number of nitrogens with one attached hydrogen (secondary N) is 1. The Labute approximate surface area is 175 Å². The highest BCUT2D eigenvalue weighted by Crippen LogP contribution is 2.22. The maximum Gasteiger partial charge on any atom is 0.259 e. The predicted molar refractivity (Wildman–Crippen MR) is 116 cm³/mol. The van der Waals surface area contributed by atoms with Crippen molar-refractivity contribution in [2.75, 3.05) is 17.6 Å². The van der Waals surface area contributed by atoms with Gasteiger partial charge in [-0.05, 0) is 42.3 Å². The van der Waals surface area contributed by atoms with Crippen LogP contribution in [0.3, 0.4) is 0 Å². The Morgan fingerprint density at radius 3 is 2.87 bits per heavy atom. The van der Waals surface area contributed by atoms with Crippen LogP contribution in [-0.4, -0.2) is 37.4 Å². The van der Waals surface area contributed by atoms with Crippen LogP contribution in [0.15, 0.2) is 76.9 Å². The molecule has 1 N–H and O–H groups in total. The maximum absolute atomic E-state index is 12.8. The molecule has 0 radical (unpaired) electrons. The monoisotopic (exact) mass is 423 g/mol. The molecule has 154 valence electrons. The molecule has 0 bridgehead atoms. The number of carbonyl (C=O) groups is 1. The van der Waals surface area contributed by atoms with Crippen molar-refractivity contribution in [3.8, 4) is 5.75 Å². The molecule has 0 fully saturated rings. The number of aryl methyl sites for hydroxylation is 1. The van der Waals surface area contributed by atoms with Gasteiger partial charge in [0.05, 0.1) is 11.3 Å². The van der Waals surface area contributed by atoms with Crippen molar-refractivity contribution in [3.63, 3.8) is 0 Å². The predicted octanol–water partition coefficient (Wildman–Crippen LogP) is 3.01. The molecule has 0 saturated carbocycles. The van der Waals surface area contributed by atoms with Crippen LogP contribution in [0.25, 0.3) is 0 Å². The highest BCUT2D eigenvalue weighted by Gasteiger charge is 2.29. The normalized spacial score (nSPS) is 16.9. The minimum absolute atomic E-state index is 0.0734. The number of amidine groups is 1. The summed E-state index contributed by atoms with van der Waals surface area (Å²) < 4.78 is 33.4. The zero-order valence-electron chi connectivity index (χ0n) is 16.4. The summed E-state index contributed by atoms with van der Waals surface area (Å²) in [5, 5.41) is 2.80. The van der Waals surface area contributed by atoms with Gasteiger partial charge in [-0.1, -0.05) is 30.3 Å². The Balaban J connectivity index is 1.48. The van der Waals surface area contributed by atoms with Crippen LogP contribution < -0.4 is 10.1 Å². The molecule has 2 aliphatic rings. The summed E-state index contributed by atoms with van der Waals surface area (Å²) in [6.45, 7) is 2.72. The van der Waals surface area contributed by atoms with Crippen molar-refractivity contribution in [3.05, 3.63) is 83.6 Å². The molecule has 2 aliphatic heterocycles. The van der Waals surface area contributed by atoms with Crippen LogP contribution in [0.1, 0.15) is 11.1 Å². The van der Waals surface area contributed by atoms with Crippen molar-refractivity contribution < 1.29 is 17.9 Å². The van der Waals surface area contributed by atoms with E-state index in [-0.39, 0.29) is 23.7 Å². The minimum atomic E-state index is -3.56. The summed E-state index contributed by atoms with van der Waals surface area (Å²) in [6, 6.07) is 15.1. The molecule has 0 aliphatic carbocycles. The van der Waals surface area contributed by atoms with E-state index >= 15 is 0 Å². The molecule has 4 rings (SSSR count). The first-order valence-corrected chi connectivity index (χ1v) is 11.1. The van der Waals surface area contributed by atoms with Crippen LogP contribution in [0, 0.1) is 6.92 Å². The quantitative estimate of drug-likeness (QED) is 0.799. The van der Waals surface area contributed by atoms with Gasteiger partial charge < -0.3 is 15.0 Å². The Bertz CT molecular complexity index is 1180. The second-order valence-electron chi connectivity index (χ2n) is 7.01. The molecular weight excluding hydrogens is 402 g/mol. The number of sulfonamides is 1. The smallest absolute Gasteiger partial charge is 0.259 e. The first kappa shape index (κ1) is 19.9. The largest absolute Gasteiger partial charge is 0.489 e. The van der Waals surface area contributed by atoms with Gasteiger partial charge in [0, 0.05) is 24.5 Å². The molecular formula is C22H21N3O4S. The first-order valence-electron chi connectivity index (χ1n) is 9.48.